The molecule has 0 radical (unpaired) electrons. The molecule has 0 bridgehead atoms. The lowest BCUT2D eigenvalue weighted by molar-refractivity contribution is 0.0532. The number of thiophene rings is 1. The number of aryl methyl sites for hydroxylation is 4. The quantitative estimate of drug-likeness (QED) is 0.187. The summed E-state index contributed by atoms with van der Waals surface area (Å²) in [4.78, 5) is 13.8. The van der Waals surface area contributed by atoms with Crippen LogP contribution in [-0.4, -0.2) is 12.6 Å². The molecule has 6 rings (SSSR count). The van der Waals surface area contributed by atoms with E-state index in [9.17, 15) is 4.79 Å². The van der Waals surface area contributed by atoms with Gasteiger partial charge in [0.2, 0.25) is 0 Å². The van der Waals surface area contributed by atoms with Gasteiger partial charge in [0.05, 0.1) is 6.61 Å². The van der Waals surface area contributed by atoms with Crippen LogP contribution in [0.25, 0.3) is 54.6 Å². The van der Waals surface area contributed by atoms with Gasteiger partial charge in [0.15, 0.2) is 0 Å². The second kappa shape index (κ2) is 11.4. The van der Waals surface area contributed by atoms with Crippen molar-refractivity contribution in [3.05, 3.63) is 130 Å². The minimum absolute atomic E-state index is 0.280. The molecule has 0 aliphatic carbocycles. The normalized spacial score (nSPS) is 11.2. The average molecular weight is 567 g/mol. The molecule has 0 aliphatic heterocycles. The minimum Gasteiger partial charge on any atom is -0.462 e. The third-order valence-electron chi connectivity index (χ3n) is 7.82. The lowest BCUT2D eigenvalue weighted by Crippen LogP contribution is -2.01. The zero-order chi connectivity index (χ0) is 29.4. The maximum Gasteiger partial charge on any atom is 0.348 e. The Morgan fingerprint density at radius 2 is 0.905 bits per heavy atom. The zero-order valence-electron chi connectivity index (χ0n) is 24.7. The van der Waals surface area contributed by atoms with Crippen LogP contribution in [0.5, 0.6) is 0 Å². The van der Waals surface area contributed by atoms with Crippen molar-refractivity contribution < 1.29 is 9.53 Å². The second-order valence-corrected chi connectivity index (χ2v) is 12.1. The fourth-order valence-corrected chi connectivity index (χ4v) is 6.73. The molecular weight excluding hydrogens is 532 g/mol. The van der Waals surface area contributed by atoms with Crippen LogP contribution in [-0.2, 0) is 4.74 Å². The van der Waals surface area contributed by atoms with Gasteiger partial charge in [-0.15, -0.1) is 11.3 Å². The van der Waals surface area contributed by atoms with Crippen molar-refractivity contribution in [2.24, 2.45) is 0 Å². The lowest BCUT2D eigenvalue weighted by atomic mass is 9.80. The van der Waals surface area contributed by atoms with Crippen molar-refractivity contribution in [2.75, 3.05) is 6.61 Å². The number of rotatable bonds is 6. The van der Waals surface area contributed by atoms with Crippen molar-refractivity contribution in [1.82, 2.24) is 0 Å². The van der Waals surface area contributed by atoms with E-state index < -0.39 is 0 Å². The van der Waals surface area contributed by atoms with Crippen molar-refractivity contribution in [2.45, 2.75) is 34.6 Å². The summed E-state index contributed by atoms with van der Waals surface area (Å²) in [5.41, 5.74) is 14.0. The summed E-state index contributed by atoms with van der Waals surface area (Å²) in [5.74, 6) is -0.280. The van der Waals surface area contributed by atoms with Crippen LogP contribution < -0.4 is 0 Å². The summed E-state index contributed by atoms with van der Waals surface area (Å²) >= 11 is 1.53. The van der Waals surface area contributed by atoms with Crippen LogP contribution in [0.4, 0.5) is 0 Å². The van der Waals surface area contributed by atoms with E-state index in [0.717, 1.165) is 43.5 Å². The molecular formula is C39H34O2S. The Morgan fingerprint density at radius 3 is 1.31 bits per heavy atom. The molecule has 0 saturated carbocycles. The van der Waals surface area contributed by atoms with Crippen molar-refractivity contribution in [3.63, 3.8) is 0 Å². The first-order valence-electron chi connectivity index (χ1n) is 14.4. The summed E-state index contributed by atoms with van der Waals surface area (Å²) in [6.07, 6.45) is 0. The topological polar surface area (TPSA) is 26.3 Å². The standard InChI is InChI=1S/C39H34O2S/c1-6-41-39(40)33-23-32-34(28-15-7-24(2)8-16-28)35(29-17-9-25(3)10-18-29)36(30-19-11-26(4)12-20-30)37(38(32)42-33)31-21-13-27(5)14-22-31/h7-23H,6H2,1-5H3. The Kier molecular flexibility index (Phi) is 7.53. The third kappa shape index (κ3) is 5.17. The second-order valence-electron chi connectivity index (χ2n) is 11.0. The average Bonchev–Trinajstić information content (AvgIpc) is 3.43. The van der Waals surface area contributed by atoms with E-state index in [-0.39, 0.29) is 5.97 Å². The van der Waals surface area contributed by atoms with Gasteiger partial charge in [0.25, 0.3) is 0 Å². The first-order chi connectivity index (χ1) is 20.3. The molecule has 0 unspecified atom stereocenters. The fourth-order valence-electron chi connectivity index (χ4n) is 5.60. The number of fused-ring (bicyclic) bond motifs is 1. The van der Waals surface area contributed by atoms with Crippen LogP contribution in [0.15, 0.2) is 103 Å². The molecule has 208 valence electrons. The predicted molar refractivity (Wildman–Crippen MR) is 178 cm³/mol. The lowest BCUT2D eigenvalue weighted by Gasteiger charge is -2.23. The molecule has 0 aliphatic rings. The first-order valence-corrected chi connectivity index (χ1v) is 15.2. The van der Waals surface area contributed by atoms with Gasteiger partial charge in [0.1, 0.15) is 4.88 Å². The van der Waals surface area contributed by atoms with Gasteiger partial charge < -0.3 is 4.74 Å². The van der Waals surface area contributed by atoms with E-state index in [4.69, 9.17) is 4.74 Å². The summed E-state index contributed by atoms with van der Waals surface area (Å²) in [6.45, 7) is 10.7. The molecule has 0 fully saturated rings. The number of esters is 1. The number of carbonyl (C=O) groups excluding carboxylic acids is 1. The van der Waals surface area contributed by atoms with Crippen LogP contribution in [0.1, 0.15) is 38.8 Å². The molecule has 42 heavy (non-hydrogen) atoms. The van der Waals surface area contributed by atoms with E-state index >= 15 is 0 Å². The molecule has 3 heteroatoms. The van der Waals surface area contributed by atoms with E-state index in [1.807, 2.05) is 13.0 Å². The molecule has 0 atom stereocenters. The maximum atomic E-state index is 13.2. The van der Waals surface area contributed by atoms with Gasteiger partial charge in [-0.1, -0.05) is 119 Å². The molecule has 0 N–H and O–H groups in total. The number of benzene rings is 5. The van der Waals surface area contributed by atoms with Crippen LogP contribution in [0, 0.1) is 27.7 Å². The van der Waals surface area contributed by atoms with Crippen molar-refractivity contribution in [3.8, 4) is 44.5 Å². The molecule has 0 amide bonds. The number of hydrogen-bond acceptors (Lipinski definition) is 3. The van der Waals surface area contributed by atoms with Crippen LogP contribution in [0.2, 0.25) is 0 Å². The van der Waals surface area contributed by atoms with E-state index in [1.54, 1.807) is 0 Å². The van der Waals surface area contributed by atoms with Crippen molar-refractivity contribution >= 4 is 27.4 Å². The molecule has 0 saturated heterocycles. The number of hydrogen-bond donors (Lipinski definition) is 0. The summed E-state index contributed by atoms with van der Waals surface area (Å²) in [5, 5.41) is 1.06. The highest BCUT2D eigenvalue weighted by atomic mass is 32.1. The highest BCUT2D eigenvalue weighted by Crippen LogP contribution is 2.53. The van der Waals surface area contributed by atoms with Gasteiger partial charge in [-0.05, 0) is 79.6 Å². The Bertz CT molecular complexity index is 1760. The first kappa shape index (κ1) is 27.7. The van der Waals surface area contributed by atoms with Crippen LogP contribution in [0.3, 0.4) is 0 Å². The monoisotopic (exact) mass is 566 g/mol. The zero-order valence-corrected chi connectivity index (χ0v) is 25.6. The smallest absolute Gasteiger partial charge is 0.348 e. The minimum atomic E-state index is -0.280. The third-order valence-corrected chi connectivity index (χ3v) is 8.95. The molecule has 2 nitrogen and oxygen atoms in total. The number of carbonyl (C=O) groups is 1. The Hall–Kier alpha value is -4.47. The largest absolute Gasteiger partial charge is 0.462 e. The van der Waals surface area contributed by atoms with Gasteiger partial charge >= 0.3 is 5.97 Å². The van der Waals surface area contributed by atoms with E-state index in [1.165, 1.54) is 44.7 Å². The van der Waals surface area contributed by atoms with E-state index in [0.29, 0.717) is 11.5 Å². The molecule has 0 spiro atoms. The van der Waals surface area contributed by atoms with Gasteiger partial charge in [-0.25, -0.2) is 4.79 Å². The Labute approximate surface area is 252 Å². The van der Waals surface area contributed by atoms with Crippen molar-refractivity contribution in [1.29, 1.82) is 0 Å². The molecule has 5 aromatic carbocycles. The Morgan fingerprint density at radius 1 is 0.548 bits per heavy atom. The summed E-state index contributed by atoms with van der Waals surface area (Å²) in [7, 11) is 0. The predicted octanol–water partition coefficient (Wildman–Crippen LogP) is 11.0. The molecule has 1 heterocycles. The van der Waals surface area contributed by atoms with E-state index in [2.05, 4.69) is 125 Å². The highest BCUT2D eigenvalue weighted by Gasteiger charge is 2.27. The summed E-state index contributed by atoms with van der Waals surface area (Å²) in [6, 6.07) is 37.1. The summed E-state index contributed by atoms with van der Waals surface area (Å²) < 4.78 is 6.59. The fraction of sp³-hybridized carbons (Fsp3) is 0.154. The number of ether oxygens (including phenoxy) is 1. The van der Waals surface area contributed by atoms with Gasteiger partial charge in [-0.3, -0.25) is 0 Å². The molecule has 6 aromatic rings. The molecule has 1 aromatic heterocycles. The van der Waals surface area contributed by atoms with Gasteiger partial charge in [0, 0.05) is 15.6 Å². The maximum absolute atomic E-state index is 13.2. The highest BCUT2D eigenvalue weighted by molar-refractivity contribution is 7.21. The Balaban J connectivity index is 1.86. The SMILES string of the molecule is CCOC(=O)c1cc2c(-c3ccc(C)cc3)c(-c3ccc(C)cc3)c(-c3ccc(C)cc3)c(-c3ccc(C)cc3)c2s1. The van der Waals surface area contributed by atoms with Crippen LogP contribution >= 0.6 is 11.3 Å². The van der Waals surface area contributed by atoms with Gasteiger partial charge in [-0.2, -0.15) is 0 Å².